The van der Waals surface area contributed by atoms with Crippen LogP contribution in [0.15, 0.2) is 12.3 Å². The molecule has 0 fully saturated rings. The molecule has 14 heavy (non-hydrogen) atoms. The van der Waals surface area contributed by atoms with Gasteiger partial charge in [0.1, 0.15) is 5.15 Å². The van der Waals surface area contributed by atoms with E-state index in [0.717, 1.165) is 19.2 Å². The van der Waals surface area contributed by atoms with Gasteiger partial charge in [-0.1, -0.05) is 11.6 Å². The first-order valence-electron chi connectivity index (χ1n) is 3.56. The second-order valence-electron chi connectivity index (χ2n) is 2.58. The number of nitrogens with zero attached hydrogens (tertiary/aromatic N) is 1. The molecule has 0 aromatic carbocycles. The third-order valence-corrected chi connectivity index (χ3v) is 1.85. The van der Waals surface area contributed by atoms with Gasteiger partial charge >= 0.3 is 6.18 Å². The summed E-state index contributed by atoms with van der Waals surface area (Å²) in [6, 6.07) is 0.725. The van der Waals surface area contributed by atoms with Crippen LogP contribution < -0.4 is 0 Å². The summed E-state index contributed by atoms with van der Waals surface area (Å²) in [5.41, 5.74) is -1.63. The lowest BCUT2D eigenvalue weighted by molar-refractivity contribution is -0.138. The van der Waals surface area contributed by atoms with Crippen LogP contribution in [0.4, 0.5) is 13.2 Å². The van der Waals surface area contributed by atoms with Crippen molar-refractivity contribution in [2.75, 3.05) is 0 Å². The zero-order valence-corrected chi connectivity index (χ0v) is 7.78. The van der Waals surface area contributed by atoms with Crippen LogP contribution >= 0.6 is 11.6 Å². The summed E-state index contributed by atoms with van der Waals surface area (Å²) in [4.78, 5) is 14.3. The van der Waals surface area contributed by atoms with Gasteiger partial charge in [0.05, 0.1) is 11.1 Å². The molecule has 0 atom stereocenters. The largest absolute Gasteiger partial charge is 0.417 e. The van der Waals surface area contributed by atoms with Gasteiger partial charge in [-0.15, -0.1) is 0 Å². The van der Waals surface area contributed by atoms with E-state index in [1.54, 1.807) is 0 Å². The molecule has 1 rings (SSSR count). The molecule has 1 heterocycles. The van der Waals surface area contributed by atoms with Crippen LogP contribution in [0.5, 0.6) is 0 Å². The Morgan fingerprint density at radius 2 is 2.07 bits per heavy atom. The van der Waals surface area contributed by atoms with E-state index in [0.29, 0.717) is 0 Å². The van der Waals surface area contributed by atoms with Gasteiger partial charge in [0.2, 0.25) is 0 Å². The van der Waals surface area contributed by atoms with E-state index >= 15 is 0 Å². The number of alkyl halides is 3. The normalized spacial score (nSPS) is 11.5. The molecule has 0 N–H and O–H groups in total. The molecule has 0 unspecified atom stereocenters. The van der Waals surface area contributed by atoms with Crippen molar-refractivity contribution < 1.29 is 18.0 Å². The van der Waals surface area contributed by atoms with Crippen LogP contribution in [0.3, 0.4) is 0 Å². The van der Waals surface area contributed by atoms with E-state index in [2.05, 4.69) is 4.98 Å². The average Bonchev–Trinajstić information content (AvgIpc) is 2.01. The lowest BCUT2D eigenvalue weighted by Gasteiger charge is -2.10. The fraction of sp³-hybridized carbons (Fsp3) is 0.250. The number of Topliss-reactive ketones (excluding diaryl/α,β-unsaturated/α-hetero) is 1. The molecule has 76 valence electrons. The molecule has 0 saturated heterocycles. The Morgan fingerprint density at radius 3 is 2.43 bits per heavy atom. The van der Waals surface area contributed by atoms with Gasteiger partial charge in [0.25, 0.3) is 0 Å². The van der Waals surface area contributed by atoms with E-state index < -0.39 is 28.2 Å². The van der Waals surface area contributed by atoms with E-state index in [1.807, 2.05) is 0 Å². The number of hydrogen-bond acceptors (Lipinski definition) is 2. The summed E-state index contributed by atoms with van der Waals surface area (Å²) in [6.07, 6.45) is -3.68. The second-order valence-corrected chi connectivity index (χ2v) is 2.94. The maximum absolute atomic E-state index is 12.4. The summed E-state index contributed by atoms with van der Waals surface area (Å²) < 4.78 is 37.1. The highest BCUT2D eigenvalue weighted by molar-refractivity contribution is 6.32. The number of pyridine rings is 1. The summed E-state index contributed by atoms with van der Waals surface area (Å²) in [5, 5.41) is -0.424. The number of carbonyl (C=O) groups excluding carboxylic acids is 1. The molecule has 0 aliphatic carbocycles. The molecule has 0 bridgehead atoms. The molecule has 2 nitrogen and oxygen atoms in total. The van der Waals surface area contributed by atoms with Crippen molar-refractivity contribution in [2.45, 2.75) is 13.1 Å². The van der Waals surface area contributed by atoms with Crippen molar-refractivity contribution in [3.05, 3.63) is 28.5 Å². The number of rotatable bonds is 1. The number of carbonyl (C=O) groups is 1. The van der Waals surface area contributed by atoms with E-state index in [1.165, 1.54) is 0 Å². The molecule has 0 aliphatic heterocycles. The molecule has 1 aromatic rings. The summed E-state index contributed by atoms with van der Waals surface area (Å²) in [7, 11) is 0. The fourth-order valence-corrected chi connectivity index (χ4v) is 1.30. The number of halogens is 4. The van der Waals surface area contributed by atoms with E-state index in [9.17, 15) is 18.0 Å². The zero-order chi connectivity index (χ0) is 10.9. The topological polar surface area (TPSA) is 30.0 Å². The zero-order valence-electron chi connectivity index (χ0n) is 7.02. The smallest absolute Gasteiger partial charge is 0.294 e. The first-order valence-corrected chi connectivity index (χ1v) is 3.94. The number of aromatic nitrogens is 1. The number of hydrogen-bond donors (Lipinski definition) is 0. The van der Waals surface area contributed by atoms with Gasteiger partial charge < -0.3 is 0 Å². The molecule has 0 spiro atoms. The highest BCUT2D eigenvalue weighted by Crippen LogP contribution is 2.34. The molecule has 0 saturated carbocycles. The van der Waals surface area contributed by atoms with Gasteiger partial charge in [-0.2, -0.15) is 13.2 Å². The summed E-state index contributed by atoms with van der Waals surface area (Å²) in [5.74, 6) is -0.754. The highest BCUT2D eigenvalue weighted by Gasteiger charge is 2.35. The first kappa shape index (κ1) is 11.0. The Morgan fingerprint density at radius 1 is 1.50 bits per heavy atom. The second kappa shape index (κ2) is 3.57. The molecule has 0 amide bonds. The van der Waals surface area contributed by atoms with E-state index in [4.69, 9.17) is 11.6 Å². The van der Waals surface area contributed by atoms with Crippen LogP contribution in [0.2, 0.25) is 5.15 Å². The number of ketones is 1. The minimum atomic E-state index is -4.59. The maximum Gasteiger partial charge on any atom is 0.417 e. The average molecular weight is 224 g/mol. The summed E-state index contributed by atoms with van der Waals surface area (Å²) >= 11 is 5.40. The predicted octanol–water partition coefficient (Wildman–Crippen LogP) is 2.96. The molecular formula is C8H5ClF3NO. The van der Waals surface area contributed by atoms with Gasteiger partial charge in [0, 0.05) is 6.20 Å². The van der Waals surface area contributed by atoms with Crippen LogP contribution in [-0.4, -0.2) is 10.8 Å². The lowest BCUT2D eigenvalue weighted by Crippen LogP contribution is -2.12. The van der Waals surface area contributed by atoms with Crippen molar-refractivity contribution >= 4 is 17.4 Å². The lowest BCUT2D eigenvalue weighted by atomic mass is 10.1. The van der Waals surface area contributed by atoms with Crippen molar-refractivity contribution in [1.82, 2.24) is 4.98 Å². The monoisotopic (exact) mass is 223 g/mol. The Hall–Kier alpha value is -1.10. The van der Waals surface area contributed by atoms with Crippen molar-refractivity contribution in [1.29, 1.82) is 0 Å². The standard InChI is InChI=1S/C8H5ClF3NO/c1-4(14)6-5(8(10,11)12)2-3-13-7(6)9/h2-3H,1H3. The van der Waals surface area contributed by atoms with Gasteiger partial charge in [-0.3, -0.25) is 4.79 Å². The highest BCUT2D eigenvalue weighted by atomic mass is 35.5. The first-order chi connectivity index (χ1) is 6.34. The molecular weight excluding hydrogens is 219 g/mol. The molecule has 6 heteroatoms. The Balaban J connectivity index is 3.44. The van der Waals surface area contributed by atoms with Crippen molar-refractivity contribution in [3.63, 3.8) is 0 Å². The SMILES string of the molecule is CC(=O)c1c(C(F)(F)F)ccnc1Cl. The van der Waals surface area contributed by atoms with Crippen LogP contribution in [-0.2, 0) is 6.18 Å². The van der Waals surface area contributed by atoms with Gasteiger partial charge in [-0.05, 0) is 13.0 Å². The molecule has 1 aromatic heterocycles. The van der Waals surface area contributed by atoms with E-state index in [-0.39, 0.29) is 0 Å². The fourth-order valence-electron chi connectivity index (χ4n) is 1.01. The Kier molecular flexibility index (Phi) is 2.80. The maximum atomic E-state index is 12.4. The predicted molar refractivity (Wildman–Crippen MR) is 44.3 cm³/mol. The minimum absolute atomic E-state index is 0.424. The summed E-state index contributed by atoms with van der Waals surface area (Å²) in [6.45, 7) is 1.01. The Labute approximate surface area is 82.7 Å². The van der Waals surface area contributed by atoms with Crippen molar-refractivity contribution in [3.8, 4) is 0 Å². The van der Waals surface area contributed by atoms with Gasteiger partial charge in [0.15, 0.2) is 5.78 Å². The third kappa shape index (κ3) is 2.04. The third-order valence-electron chi connectivity index (χ3n) is 1.56. The molecule has 0 aliphatic rings. The van der Waals surface area contributed by atoms with Crippen LogP contribution in [0.1, 0.15) is 22.8 Å². The van der Waals surface area contributed by atoms with Crippen LogP contribution in [0, 0.1) is 0 Å². The Bertz CT molecular complexity index is 375. The van der Waals surface area contributed by atoms with Crippen LogP contribution in [0.25, 0.3) is 0 Å². The van der Waals surface area contributed by atoms with Crippen molar-refractivity contribution in [2.24, 2.45) is 0 Å². The minimum Gasteiger partial charge on any atom is -0.294 e. The molecule has 0 radical (unpaired) electrons. The quantitative estimate of drug-likeness (QED) is 0.541. The van der Waals surface area contributed by atoms with Gasteiger partial charge in [-0.25, -0.2) is 4.98 Å².